The van der Waals surface area contributed by atoms with Gasteiger partial charge in [-0.3, -0.25) is 4.79 Å². The van der Waals surface area contributed by atoms with Gasteiger partial charge < -0.3 is 15.8 Å². The van der Waals surface area contributed by atoms with Crippen molar-refractivity contribution in [3.8, 4) is 0 Å². The van der Waals surface area contributed by atoms with Crippen LogP contribution in [0.25, 0.3) is 0 Å². The van der Waals surface area contributed by atoms with Crippen LogP contribution in [0.2, 0.25) is 0 Å². The van der Waals surface area contributed by atoms with Crippen molar-refractivity contribution < 1.29 is 18.3 Å². The molecule has 0 radical (unpaired) electrons. The van der Waals surface area contributed by atoms with E-state index in [0.29, 0.717) is 19.3 Å². The fraction of sp³-hybridized carbons (Fsp3) is 0.462. The van der Waals surface area contributed by atoms with Crippen LogP contribution < -0.4 is 11.1 Å². The summed E-state index contributed by atoms with van der Waals surface area (Å²) in [6.45, 7) is 1.29. The molecule has 0 bridgehead atoms. The van der Waals surface area contributed by atoms with Crippen molar-refractivity contribution in [2.75, 3.05) is 18.5 Å². The molecule has 6 heteroatoms. The lowest BCUT2D eigenvalue weighted by Crippen LogP contribution is -2.21. The number of anilines is 1. The average molecular weight is 270 g/mol. The minimum absolute atomic E-state index is 0.0446. The van der Waals surface area contributed by atoms with E-state index in [1.807, 2.05) is 0 Å². The van der Waals surface area contributed by atoms with E-state index in [1.54, 1.807) is 0 Å². The van der Waals surface area contributed by atoms with Gasteiger partial charge in [0.1, 0.15) is 11.6 Å². The number of hydrogen-bond acceptors (Lipinski definition) is 3. The third-order valence-corrected chi connectivity index (χ3v) is 3.13. The Bertz CT molecular complexity index is 472. The first-order valence-electron chi connectivity index (χ1n) is 6.21. The fourth-order valence-electron chi connectivity index (χ4n) is 2.12. The quantitative estimate of drug-likeness (QED) is 0.883. The van der Waals surface area contributed by atoms with Crippen molar-refractivity contribution in [3.05, 3.63) is 29.3 Å². The second kappa shape index (κ2) is 5.97. The largest absolute Gasteiger partial charge is 0.381 e. The number of rotatable bonds is 3. The Morgan fingerprint density at radius 2 is 2.05 bits per heavy atom. The number of carbonyl (C=O) groups excluding carboxylic acids is 1. The van der Waals surface area contributed by atoms with Gasteiger partial charge in [-0.25, -0.2) is 8.78 Å². The highest BCUT2D eigenvalue weighted by atomic mass is 19.1. The van der Waals surface area contributed by atoms with Gasteiger partial charge in [-0.1, -0.05) is 0 Å². The number of nitrogens with two attached hydrogens (primary N) is 1. The molecule has 0 aromatic heterocycles. The van der Waals surface area contributed by atoms with E-state index < -0.39 is 17.5 Å². The predicted molar refractivity (Wildman–Crippen MR) is 67.0 cm³/mol. The summed E-state index contributed by atoms with van der Waals surface area (Å²) in [5.41, 5.74) is 4.83. The monoisotopic (exact) mass is 270 g/mol. The number of halogens is 2. The molecule has 1 fully saturated rings. The molecule has 1 aromatic rings. The Labute approximate surface area is 109 Å². The first-order chi connectivity index (χ1) is 9.08. The highest BCUT2D eigenvalue weighted by Gasteiger charge is 2.17. The molecule has 1 heterocycles. The number of ether oxygens (including phenoxy) is 1. The predicted octanol–water partition coefficient (Wildman–Crippen LogP) is 2.04. The zero-order chi connectivity index (χ0) is 13.8. The lowest BCUT2D eigenvalue weighted by atomic mass is 10.1. The summed E-state index contributed by atoms with van der Waals surface area (Å²) < 4.78 is 32.3. The minimum Gasteiger partial charge on any atom is -0.381 e. The number of hydrogen-bond donors (Lipinski definition) is 2. The van der Waals surface area contributed by atoms with Crippen LogP contribution >= 0.6 is 0 Å². The van der Waals surface area contributed by atoms with Crippen LogP contribution in [-0.4, -0.2) is 25.2 Å². The molecule has 4 nitrogen and oxygen atoms in total. The van der Waals surface area contributed by atoms with Gasteiger partial charge in [-0.05, 0) is 25.3 Å². The van der Waals surface area contributed by atoms with Gasteiger partial charge in [0.2, 0.25) is 0 Å². The number of nitrogens with one attached hydrogen (secondary N) is 1. The SMILES string of the molecule is NC(=O)c1cc(NC2CCCOCC2)c(F)cc1F. The van der Waals surface area contributed by atoms with Gasteiger partial charge in [0.25, 0.3) is 5.91 Å². The molecule has 1 aliphatic rings. The zero-order valence-corrected chi connectivity index (χ0v) is 10.4. The molecule has 1 amide bonds. The molecule has 0 aliphatic carbocycles. The minimum atomic E-state index is -0.945. The lowest BCUT2D eigenvalue weighted by Gasteiger charge is -2.18. The van der Waals surface area contributed by atoms with Gasteiger partial charge in [0.15, 0.2) is 0 Å². The molecular formula is C13H16F2N2O2. The summed E-state index contributed by atoms with van der Waals surface area (Å²) >= 11 is 0. The first-order valence-corrected chi connectivity index (χ1v) is 6.21. The van der Waals surface area contributed by atoms with Crippen LogP contribution in [0.5, 0.6) is 0 Å². The van der Waals surface area contributed by atoms with Gasteiger partial charge >= 0.3 is 0 Å². The molecule has 0 spiro atoms. The summed E-state index contributed by atoms with van der Waals surface area (Å²) in [7, 11) is 0. The van der Waals surface area contributed by atoms with Gasteiger partial charge in [0.05, 0.1) is 11.3 Å². The Morgan fingerprint density at radius 3 is 2.79 bits per heavy atom. The maximum atomic E-state index is 13.7. The van der Waals surface area contributed by atoms with E-state index in [4.69, 9.17) is 10.5 Å². The standard InChI is InChI=1S/C13H16F2N2O2/c14-10-7-11(15)12(6-9(10)13(16)18)17-8-2-1-4-19-5-3-8/h6-8,17H,1-5H2,(H2,16,18). The van der Waals surface area contributed by atoms with E-state index in [9.17, 15) is 13.6 Å². The first kappa shape index (κ1) is 13.7. The van der Waals surface area contributed by atoms with E-state index in [-0.39, 0.29) is 17.3 Å². The number of primary amides is 1. The maximum Gasteiger partial charge on any atom is 0.251 e. The molecule has 19 heavy (non-hydrogen) atoms. The third kappa shape index (κ3) is 3.41. The van der Waals surface area contributed by atoms with Crippen molar-refractivity contribution in [1.82, 2.24) is 0 Å². The zero-order valence-electron chi connectivity index (χ0n) is 10.4. The topological polar surface area (TPSA) is 64.4 Å². The molecular weight excluding hydrogens is 254 g/mol. The normalized spacial score (nSPS) is 19.8. The van der Waals surface area contributed by atoms with Crippen molar-refractivity contribution in [1.29, 1.82) is 0 Å². The Hall–Kier alpha value is -1.69. The molecule has 3 N–H and O–H groups in total. The highest BCUT2D eigenvalue weighted by Crippen LogP contribution is 2.22. The van der Waals surface area contributed by atoms with E-state index in [0.717, 1.165) is 25.3 Å². The molecule has 1 aliphatic heterocycles. The number of carbonyl (C=O) groups is 1. The maximum absolute atomic E-state index is 13.7. The summed E-state index contributed by atoms with van der Waals surface area (Å²) in [6, 6.07) is 1.84. The van der Waals surface area contributed by atoms with Gasteiger partial charge in [-0.15, -0.1) is 0 Å². The molecule has 1 saturated heterocycles. The Balaban J connectivity index is 2.19. The van der Waals surface area contributed by atoms with Crippen LogP contribution in [0.1, 0.15) is 29.6 Å². The molecule has 1 aromatic carbocycles. The fourth-order valence-corrected chi connectivity index (χ4v) is 2.12. The summed E-state index contributed by atoms with van der Waals surface area (Å²) in [6.07, 6.45) is 2.45. The van der Waals surface area contributed by atoms with Crippen molar-refractivity contribution >= 4 is 11.6 Å². The van der Waals surface area contributed by atoms with Crippen LogP contribution in [-0.2, 0) is 4.74 Å². The molecule has 2 rings (SSSR count). The Kier molecular flexibility index (Phi) is 4.31. The molecule has 1 unspecified atom stereocenters. The van der Waals surface area contributed by atoms with E-state index in [2.05, 4.69) is 5.32 Å². The molecule has 0 saturated carbocycles. The number of benzene rings is 1. The summed E-state index contributed by atoms with van der Waals surface area (Å²) in [5.74, 6) is -2.59. The van der Waals surface area contributed by atoms with Crippen molar-refractivity contribution in [2.45, 2.75) is 25.3 Å². The second-order valence-electron chi connectivity index (χ2n) is 4.56. The van der Waals surface area contributed by atoms with E-state index >= 15 is 0 Å². The second-order valence-corrected chi connectivity index (χ2v) is 4.56. The van der Waals surface area contributed by atoms with Crippen LogP contribution in [0.4, 0.5) is 14.5 Å². The van der Waals surface area contributed by atoms with Crippen LogP contribution in [0.15, 0.2) is 12.1 Å². The third-order valence-electron chi connectivity index (χ3n) is 3.13. The lowest BCUT2D eigenvalue weighted by molar-refractivity contribution is 0.0996. The number of amides is 1. The Morgan fingerprint density at radius 1 is 1.26 bits per heavy atom. The average Bonchev–Trinajstić information content (AvgIpc) is 2.60. The van der Waals surface area contributed by atoms with Crippen LogP contribution in [0, 0.1) is 11.6 Å². The van der Waals surface area contributed by atoms with E-state index in [1.165, 1.54) is 0 Å². The summed E-state index contributed by atoms with van der Waals surface area (Å²) in [5, 5.41) is 2.98. The van der Waals surface area contributed by atoms with Crippen molar-refractivity contribution in [3.63, 3.8) is 0 Å². The van der Waals surface area contributed by atoms with Crippen LogP contribution in [0.3, 0.4) is 0 Å². The van der Waals surface area contributed by atoms with Gasteiger partial charge in [0, 0.05) is 25.3 Å². The smallest absolute Gasteiger partial charge is 0.251 e. The molecule has 1 atom stereocenters. The summed E-state index contributed by atoms with van der Waals surface area (Å²) in [4.78, 5) is 11.0. The van der Waals surface area contributed by atoms with Gasteiger partial charge in [-0.2, -0.15) is 0 Å². The highest BCUT2D eigenvalue weighted by molar-refractivity contribution is 5.94. The molecule has 104 valence electrons. The van der Waals surface area contributed by atoms with Crippen molar-refractivity contribution in [2.24, 2.45) is 5.73 Å².